The van der Waals surface area contributed by atoms with E-state index in [1.165, 1.54) is 5.56 Å². The van der Waals surface area contributed by atoms with Gasteiger partial charge in [0.15, 0.2) is 6.61 Å². The predicted molar refractivity (Wildman–Crippen MR) is 100 cm³/mol. The maximum Gasteiger partial charge on any atom is 0.326 e. The Morgan fingerprint density at radius 2 is 1.89 bits per heavy atom. The van der Waals surface area contributed by atoms with E-state index in [2.05, 4.69) is 10.6 Å². The summed E-state index contributed by atoms with van der Waals surface area (Å²) in [6.45, 7) is 2.90. The summed E-state index contributed by atoms with van der Waals surface area (Å²) in [5.41, 5.74) is 0.140. The fourth-order valence-corrected chi connectivity index (χ4v) is 3.28. The second-order valence-corrected chi connectivity index (χ2v) is 7.59. The lowest BCUT2D eigenvalue weighted by Crippen LogP contribution is -2.43. The van der Waals surface area contributed by atoms with Crippen molar-refractivity contribution in [3.8, 4) is 0 Å². The number of carbonyl (C=O) groups excluding carboxylic acids is 4. The van der Waals surface area contributed by atoms with Gasteiger partial charge in [-0.15, -0.1) is 0 Å². The van der Waals surface area contributed by atoms with Crippen molar-refractivity contribution < 1.29 is 23.9 Å². The number of hydrogen-bond donors (Lipinski definition) is 2. The molecule has 150 valence electrons. The summed E-state index contributed by atoms with van der Waals surface area (Å²) < 4.78 is 4.93. The molecule has 1 aliphatic carbocycles. The molecule has 2 aliphatic rings. The number of rotatable bonds is 8. The highest BCUT2D eigenvalue weighted by atomic mass is 16.5. The van der Waals surface area contributed by atoms with Crippen LogP contribution in [0.5, 0.6) is 0 Å². The molecule has 1 saturated heterocycles. The van der Waals surface area contributed by atoms with E-state index < -0.39 is 42.5 Å². The third-order valence-electron chi connectivity index (χ3n) is 5.57. The SMILES string of the molecule is CCC1(C)NC(=O)N(CC(=O)OCC(=O)NCC2(c3ccccc3)CC2)C1=O. The van der Waals surface area contributed by atoms with Gasteiger partial charge < -0.3 is 15.4 Å². The van der Waals surface area contributed by atoms with Gasteiger partial charge in [0.05, 0.1) is 0 Å². The first kappa shape index (κ1) is 19.9. The molecule has 0 bridgehead atoms. The van der Waals surface area contributed by atoms with E-state index >= 15 is 0 Å². The first-order chi connectivity index (χ1) is 13.3. The maximum atomic E-state index is 12.3. The highest BCUT2D eigenvalue weighted by Gasteiger charge is 2.47. The number of esters is 1. The zero-order valence-electron chi connectivity index (χ0n) is 16.1. The number of carbonyl (C=O) groups is 4. The molecule has 1 saturated carbocycles. The summed E-state index contributed by atoms with van der Waals surface area (Å²) in [6, 6.07) is 9.35. The molecule has 0 radical (unpaired) electrons. The topological polar surface area (TPSA) is 105 Å². The number of urea groups is 1. The van der Waals surface area contributed by atoms with E-state index in [-0.39, 0.29) is 5.41 Å². The average Bonchev–Trinajstić information content (AvgIpc) is 3.46. The number of amides is 4. The molecule has 2 N–H and O–H groups in total. The Hall–Kier alpha value is -2.90. The lowest BCUT2D eigenvalue weighted by atomic mass is 9.96. The zero-order chi connectivity index (χ0) is 20.4. The van der Waals surface area contributed by atoms with Crippen molar-refractivity contribution in [2.24, 2.45) is 0 Å². The first-order valence-corrected chi connectivity index (χ1v) is 9.42. The number of nitrogens with zero attached hydrogens (tertiary/aromatic N) is 1. The molecule has 1 atom stereocenters. The molecule has 8 heteroatoms. The van der Waals surface area contributed by atoms with Crippen molar-refractivity contribution in [2.45, 2.75) is 44.1 Å². The van der Waals surface area contributed by atoms with Gasteiger partial charge in [0, 0.05) is 12.0 Å². The fourth-order valence-electron chi connectivity index (χ4n) is 3.28. The minimum absolute atomic E-state index is 0.0361. The van der Waals surface area contributed by atoms with Crippen LogP contribution in [0.2, 0.25) is 0 Å². The van der Waals surface area contributed by atoms with Gasteiger partial charge in [-0.25, -0.2) is 4.79 Å². The van der Waals surface area contributed by atoms with E-state index in [1.54, 1.807) is 13.8 Å². The van der Waals surface area contributed by atoms with E-state index in [9.17, 15) is 19.2 Å². The standard InChI is InChI=1S/C20H25N3O5/c1-3-19(2)17(26)23(18(27)22-19)11-16(25)28-12-15(24)21-13-20(9-10-20)14-7-5-4-6-8-14/h4-8H,3,9-13H2,1-2H3,(H,21,24)(H,22,27). The molecule has 1 aromatic carbocycles. The van der Waals surface area contributed by atoms with Gasteiger partial charge in [0.2, 0.25) is 0 Å². The molecular formula is C20H25N3O5. The molecule has 1 aliphatic heterocycles. The molecule has 0 aromatic heterocycles. The summed E-state index contributed by atoms with van der Waals surface area (Å²) in [4.78, 5) is 48.9. The van der Waals surface area contributed by atoms with Crippen LogP contribution in [0.15, 0.2) is 30.3 Å². The van der Waals surface area contributed by atoms with Crippen LogP contribution < -0.4 is 10.6 Å². The third-order valence-corrected chi connectivity index (χ3v) is 5.57. The molecule has 1 aromatic rings. The summed E-state index contributed by atoms with van der Waals surface area (Å²) in [5.74, 6) is -1.69. The van der Waals surface area contributed by atoms with Gasteiger partial charge >= 0.3 is 12.0 Å². The Kier molecular flexibility index (Phi) is 5.40. The second-order valence-electron chi connectivity index (χ2n) is 7.59. The zero-order valence-corrected chi connectivity index (χ0v) is 16.1. The van der Waals surface area contributed by atoms with Crippen molar-refractivity contribution in [3.63, 3.8) is 0 Å². The van der Waals surface area contributed by atoms with Crippen LogP contribution in [-0.2, 0) is 24.5 Å². The van der Waals surface area contributed by atoms with Crippen molar-refractivity contribution in [1.29, 1.82) is 0 Å². The van der Waals surface area contributed by atoms with Gasteiger partial charge in [0.1, 0.15) is 12.1 Å². The lowest BCUT2D eigenvalue weighted by molar-refractivity contribution is -0.151. The number of imide groups is 1. The molecule has 2 fully saturated rings. The summed E-state index contributed by atoms with van der Waals surface area (Å²) >= 11 is 0. The molecule has 28 heavy (non-hydrogen) atoms. The Morgan fingerprint density at radius 3 is 2.46 bits per heavy atom. The van der Waals surface area contributed by atoms with E-state index in [4.69, 9.17) is 4.74 Å². The quantitative estimate of drug-likeness (QED) is 0.513. The lowest BCUT2D eigenvalue weighted by Gasteiger charge is -2.19. The van der Waals surface area contributed by atoms with Crippen molar-refractivity contribution in [2.75, 3.05) is 19.7 Å². The predicted octanol–water partition coefficient (Wildman–Crippen LogP) is 1.10. The number of benzene rings is 1. The largest absolute Gasteiger partial charge is 0.454 e. The van der Waals surface area contributed by atoms with Crippen LogP contribution in [0.25, 0.3) is 0 Å². The summed E-state index contributed by atoms with van der Waals surface area (Å²) in [6.07, 6.45) is 2.41. The molecule has 1 unspecified atom stereocenters. The Labute approximate surface area is 163 Å². The number of ether oxygens (including phenoxy) is 1. The van der Waals surface area contributed by atoms with E-state index in [0.717, 1.165) is 17.7 Å². The average molecular weight is 387 g/mol. The summed E-state index contributed by atoms with van der Waals surface area (Å²) in [5, 5.41) is 5.36. The van der Waals surface area contributed by atoms with Crippen LogP contribution in [0, 0.1) is 0 Å². The molecule has 3 rings (SSSR count). The van der Waals surface area contributed by atoms with Crippen LogP contribution in [0.3, 0.4) is 0 Å². The smallest absolute Gasteiger partial charge is 0.326 e. The molecule has 4 amide bonds. The highest BCUT2D eigenvalue weighted by Crippen LogP contribution is 2.47. The Bertz CT molecular complexity index is 790. The number of nitrogens with one attached hydrogen (secondary N) is 2. The van der Waals surface area contributed by atoms with Crippen molar-refractivity contribution in [1.82, 2.24) is 15.5 Å². The van der Waals surface area contributed by atoms with Gasteiger partial charge in [-0.2, -0.15) is 0 Å². The van der Waals surface area contributed by atoms with Crippen LogP contribution in [0.4, 0.5) is 4.79 Å². The summed E-state index contributed by atoms with van der Waals surface area (Å²) in [7, 11) is 0. The van der Waals surface area contributed by atoms with Crippen LogP contribution >= 0.6 is 0 Å². The van der Waals surface area contributed by atoms with Gasteiger partial charge in [-0.05, 0) is 31.7 Å². The van der Waals surface area contributed by atoms with Crippen LogP contribution in [0.1, 0.15) is 38.7 Å². The Balaban J connectivity index is 1.43. The minimum atomic E-state index is -1.01. The normalized spacial score (nSPS) is 22.6. The highest BCUT2D eigenvalue weighted by molar-refractivity contribution is 6.08. The van der Waals surface area contributed by atoms with Gasteiger partial charge in [-0.1, -0.05) is 37.3 Å². The molecule has 0 spiro atoms. The minimum Gasteiger partial charge on any atom is -0.454 e. The molecular weight excluding hydrogens is 362 g/mol. The third kappa shape index (κ3) is 4.00. The Morgan fingerprint density at radius 1 is 1.21 bits per heavy atom. The van der Waals surface area contributed by atoms with Crippen molar-refractivity contribution in [3.05, 3.63) is 35.9 Å². The van der Waals surface area contributed by atoms with E-state index in [1.807, 2.05) is 30.3 Å². The maximum absolute atomic E-state index is 12.3. The van der Waals surface area contributed by atoms with Crippen molar-refractivity contribution >= 4 is 23.8 Å². The van der Waals surface area contributed by atoms with Crippen LogP contribution in [-0.4, -0.2) is 54.0 Å². The molecule has 8 nitrogen and oxygen atoms in total. The first-order valence-electron chi connectivity index (χ1n) is 9.42. The van der Waals surface area contributed by atoms with E-state index in [0.29, 0.717) is 13.0 Å². The number of hydrogen-bond acceptors (Lipinski definition) is 5. The second kappa shape index (κ2) is 7.61. The van der Waals surface area contributed by atoms with Gasteiger partial charge in [-0.3, -0.25) is 19.3 Å². The monoisotopic (exact) mass is 387 g/mol. The molecule has 1 heterocycles. The fraction of sp³-hybridized carbons (Fsp3) is 0.500. The van der Waals surface area contributed by atoms with Gasteiger partial charge in [0.25, 0.3) is 11.8 Å².